The molecule has 0 saturated heterocycles. The summed E-state index contributed by atoms with van der Waals surface area (Å²) in [6.45, 7) is 1.83. The maximum absolute atomic E-state index is 12.1. The van der Waals surface area contributed by atoms with E-state index in [4.69, 9.17) is 18.0 Å². The van der Waals surface area contributed by atoms with E-state index in [0.717, 1.165) is 5.56 Å². The topological polar surface area (TPSA) is 104 Å². The molecule has 0 radical (unpaired) electrons. The highest BCUT2D eigenvalue weighted by Crippen LogP contribution is 2.20. The number of aromatic nitrogens is 2. The predicted molar refractivity (Wildman–Crippen MR) is 75.3 cm³/mol. The minimum Gasteiger partial charge on any atom is -0.507 e. The molecule has 1 aromatic carbocycles. The summed E-state index contributed by atoms with van der Waals surface area (Å²) < 4.78 is 0. The molecule has 0 aliphatic rings. The molecule has 0 saturated carbocycles. The summed E-state index contributed by atoms with van der Waals surface area (Å²) in [4.78, 5) is 12.2. The first-order valence-electron chi connectivity index (χ1n) is 5.43. The van der Waals surface area contributed by atoms with Crippen LogP contribution in [0.2, 0.25) is 0 Å². The molecule has 2 aromatic rings. The van der Waals surface area contributed by atoms with Crippen LogP contribution >= 0.6 is 12.2 Å². The molecule has 0 bridgehead atoms. The molecule has 0 atom stereocenters. The quantitative estimate of drug-likeness (QED) is 0.633. The number of carbonyl (C=O) groups excluding carboxylic acids is 1. The van der Waals surface area contributed by atoms with E-state index in [2.05, 4.69) is 15.5 Å². The zero-order valence-corrected chi connectivity index (χ0v) is 10.9. The molecule has 0 fully saturated rings. The Hall–Kier alpha value is -2.41. The number of nitrogens with zero attached hydrogens (tertiary/aromatic N) is 1. The molecule has 1 amide bonds. The minimum absolute atomic E-state index is 0.0977. The molecule has 6 nitrogen and oxygen atoms in total. The number of aromatic hydroxyl groups is 1. The largest absolute Gasteiger partial charge is 0.507 e. The van der Waals surface area contributed by atoms with Crippen LogP contribution in [0.15, 0.2) is 24.4 Å². The smallest absolute Gasteiger partial charge is 0.260 e. The number of nitrogens with one attached hydrogen (secondary N) is 2. The van der Waals surface area contributed by atoms with Crippen molar-refractivity contribution >= 4 is 28.9 Å². The lowest BCUT2D eigenvalue weighted by Crippen LogP contribution is -2.17. The van der Waals surface area contributed by atoms with Gasteiger partial charge in [-0.1, -0.05) is 23.8 Å². The van der Waals surface area contributed by atoms with Gasteiger partial charge in [-0.25, -0.2) is 0 Å². The van der Waals surface area contributed by atoms with Crippen LogP contribution in [-0.4, -0.2) is 26.2 Å². The zero-order valence-electron chi connectivity index (χ0n) is 10.1. The average molecular weight is 276 g/mol. The van der Waals surface area contributed by atoms with Gasteiger partial charge in [0.2, 0.25) is 0 Å². The maximum atomic E-state index is 12.1. The van der Waals surface area contributed by atoms with E-state index in [1.165, 1.54) is 12.3 Å². The van der Waals surface area contributed by atoms with Gasteiger partial charge in [0.05, 0.1) is 17.3 Å². The minimum atomic E-state index is -0.469. The van der Waals surface area contributed by atoms with Crippen molar-refractivity contribution in [2.24, 2.45) is 5.73 Å². The first kappa shape index (κ1) is 13.0. The van der Waals surface area contributed by atoms with Crippen molar-refractivity contribution in [1.82, 2.24) is 10.2 Å². The van der Waals surface area contributed by atoms with Gasteiger partial charge in [0.1, 0.15) is 16.6 Å². The number of benzene rings is 1. The van der Waals surface area contributed by atoms with Gasteiger partial charge >= 0.3 is 0 Å². The molecule has 98 valence electrons. The van der Waals surface area contributed by atoms with Crippen molar-refractivity contribution in [2.75, 3.05) is 5.32 Å². The SMILES string of the molecule is Cc1ccc(O)c(C(=O)Nc2[nH]ncc2C(N)=S)c1. The lowest BCUT2D eigenvalue weighted by atomic mass is 10.1. The van der Waals surface area contributed by atoms with Crippen molar-refractivity contribution < 1.29 is 9.90 Å². The van der Waals surface area contributed by atoms with E-state index in [9.17, 15) is 9.90 Å². The van der Waals surface area contributed by atoms with Gasteiger partial charge < -0.3 is 16.2 Å². The van der Waals surface area contributed by atoms with E-state index in [0.29, 0.717) is 11.4 Å². The second-order valence-electron chi connectivity index (χ2n) is 4.00. The van der Waals surface area contributed by atoms with Crippen LogP contribution in [0, 0.1) is 6.92 Å². The Labute approximate surface area is 114 Å². The molecule has 5 N–H and O–H groups in total. The van der Waals surface area contributed by atoms with Crippen LogP contribution in [0.5, 0.6) is 5.75 Å². The van der Waals surface area contributed by atoms with Gasteiger partial charge in [0.25, 0.3) is 5.91 Å². The summed E-state index contributed by atoms with van der Waals surface area (Å²) in [5, 5.41) is 18.6. The molecule has 2 rings (SSSR count). The molecule has 7 heteroatoms. The van der Waals surface area contributed by atoms with E-state index in [-0.39, 0.29) is 16.3 Å². The Morgan fingerprint density at radius 2 is 2.21 bits per heavy atom. The molecule has 1 heterocycles. The summed E-state index contributed by atoms with van der Waals surface area (Å²) in [6, 6.07) is 4.76. The molecular formula is C12H12N4O2S. The fourth-order valence-corrected chi connectivity index (χ4v) is 1.74. The van der Waals surface area contributed by atoms with Crippen molar-refractivity contribution in [3.63, 3.8) is 0 Å². The van der Waals surface area contributed by atoms with Crippen LogP contribution in [0.4, 0.5) is 5.82 Å². The molecular weight excluding hydrogens is 264 g/mol. The Balaban J connectivity index is 2.28. The summed E-state index contributed by atoms with van der Waals surface area (Å²) in [7, 11) is 0. The number of phenolic OH excluding ortho intramolecular Hbond substituents is 1. The highest BCUT2D eigenvalue weighted by atomic mass is 32.1. The predicted octanol–water partition coefficient (Wildman–Crippen LogP) is 1.31. The van der Waals surface area contributed by atoms with Crippen molar-refractivity contribution in [1.29, 1.82) is 0 Å². The Bertz CT molecular complexity index is 651. The number of amides is 1. The maximum Gasteiger partial charge on any atom is 0.260 e. The van der Waals surface area contributed by atoms with Gasteiger partial charge in [-0.05, 0) is 19.1 Å². The summed E-state index contributed by atoms with van der Waals surface area (Å²) in [5.41, 5.74) is 6.97. The monoisotopic (exact) mass is 276 g/mol. The summed E-state index contributed by atoms with van der Waals surface area (Å²) in [6.07, 6.45) is 1.42. The molecule has 0 aliphatic carbocycles. The third-order valence-corrected chi connectivity index (χ3v) is 2.76. The number of aryl methyl sites for hydroxylation is 1. The van der Waals surface area contributed by atoms with Crippen molar-refractivity contribution in [3.8, 4) is 5.75 Å². The highest BCUT2D eigenvalue weighted by Gasteiger charge is 2.15. The highest BCUT2D eigenvalue weighted by molar-refractivity contribution is 7.80. The number of nitrogens with two attached hydrogens (primary N) is 1. The number of carbonyl (C=O) groups is 1. The Kier molecular flexibility index (Phi) is 3.48. The second-order valence-corrected chi connectivity index (χ2v) is 4.44. The first-order valence-corrected chi connectivity index (χ1v) is 5.84. The lowest BCUT2D eigenvalue weighted by molar-refractivity contribution is 0.102. The van der Waals surface area contributed by atoms with Crippen LogP contribution in [-0.2, 0) is 0 Å². The van der Waals surface area contributed by atoms with Crippen LogP contribution < -0.4 is 11.1 Å². The average Bonchev–Trinajstić information content (AvgIpc) is 2.80. The Morgan fingerprint density at radius 3 is 2.89 bits per heavy atom. The molecule has 19 heavy (non-hydrogen) atoms. The number of aromatic amines is 1. The number of H-pyrrole nitrogens is 1. The molecule has 1 aromatic heterocycles. The summed E-state index contributed by atoms with van der Waals surface area (Å²) in [5.74, 6) is -0.263. The van der Waals surface area contributed by atoms with Crippen molar-refractivity contribution in [3.05, 3.63) is 41.1 Å². The van der Waals surface area contributed by atoms with Gasteiger partial charge in [-0.3, -0.25) is 9.89 Å². The van der Waals surface area contributed by atoms with Gasteiger partial charge in [0.15, 0.2) is 0 Å². The van der Waals surface area contributed by atoms with Crippen LogP contribution in [0.3, 0.4) is 0 Å². The zero-order chi connectivity index (χ0) is 14.0. The van der Waals surface area contributed by atoms with Gasteiger partial charge in [-0.2, -0.15) is 5.10 Å². The number of rotatable bonds is 3. The van der Waals surface area contributed by atoms with E-state index >= 15 is 0 Å². The van der Waals surface area contributed by atoms with E-state index in [1.807, 2.05) is 6.92 Å². The lowest BCUT2D eigenvalue weighted by Gasteiger charge is -2.07. The second kappa shape index (κ2) is 5.07. The third kappa shape index (κ3) is 2.71. The number of hydrogen-bond acceptors (Lipinski definition) is 4. The first-order chi connectivity index (χ1) is 8.99. The van der Waals surface area contributed by atoms with E-state index < -0.39 is 5.91 Å². The van der Waals surface area contributed by atoms with E-state index in [1.54, 1.807) is 12.1 Å². The molecule has 0 aliphatic heterocycles. The standard InChI is InChI=1S/C12H12N4O2S/c1-6-2-3-9(17)7(4-6)12(18)15-11-8(10(13)19)5-14-16-11/h2-5,17H,1H3,(H2,13,19)(H2,14,15,16,18). The number of phenols is 1. The molecule has 0 spiro atoms. The van der Waals surface area contributed by atoms with Gasteiger partial charge in [0, 0.05) is 0 Å². The number of thiocarbonyl (C=S) groups is 1. The fourth-order valence-electron chi connectivity index (χ4n) is 1.58. The fraction of sp³-hybridized carbons (Fsp3) is 0.0833. The Morgan fingerprint density at radius 1 is 1.47 bits per heavy atom. The number of anilines is 1. The van der Waals surface area contributed by atoms with Crippen LogP contribution in [0.25, 0.3) is 0 Å². The van der Waals surface area contributed by atoms with Crippen molar-refractivity contribution in [2.45, 2.75) is 6.92 Å². The van der Waals surface area contributed by atoms with Gasteiger partial charge in [-0.15, -0.1) is 0 Å². The normalized spacial score (nSPS) is 10.2. The number of hydrogen-bond donors (Lipinski definition) is 4. The summed E-state index contributed by atoms with van der Waals surface area (Å²) >= 11 is 4.84. The third-order valence-electron chi connectivity index (χ3n) is 2.54. The molecule has 0 unspecified atom stereocenters. The van der Waals surface area contributed by atoms with Crippen LogP contribution in [0.1, 0.15) is 21.5 Å².